The Labute approximate surface area is 204 Å². The van der Waals surface area contributed by atoms with Crippen LogP contribution in [0.3, 0.4) is 0 Å². The van der Waals surface area contributed by atoms with Gasteiger partial charge in [0.25, 0.3) is 5.91 Å². The Morgan fingerprint density at radius 3 is 2.26 bits per heavy atom. The molecule has 0 spiro atoms. The molecule has 0 fully saturated rings. The van der Waals surface area contributed by atoms with Crippen molar-refractivity contribution in [3.8, 4) is 0 Å². The zero-order valence-corrected chi connectivity index (χ0v) is 19.5. The topological polar surface area (TPSA) is 144 Å². The van der Waals surface area contributed by atoms with Gasteiger partial charge in [0.05, 0.1) is 11.4 Å². The van der Waals surface area contributed by atoms with Crippen LogP contribution in [0.15, 0.2) is 72.8 Å². The van der Waals surface area contributed by atoms with E-state index in [1.165, 1.54) is 11.1 Å². The number of anilines is 5. The summed E-state index contributed by atoms with van der Waals surface area (Å²) < 4.78 is 0. The molecule has 0 aliphatic carbocycles. The zero-order chi connectivity index (χ0) is 24.6. The number of hydrogen-bond acceptors (Lipinski definition) is 8. The van der Waals surface area contributed by atoms with Crippen LogP contribution in [0.5, 0.6) is 0 Å². The van der Waals surface area contributed by atoms with Gasteiger partial charge in [0.15, 0.2) is 0 Å². The first-order valence-corrected chi connectivity index (χ1v) is 11.3. The molecule has 0 atom stereocenters. The highest BCUT2D eigenvalue weighted by Gasteiger charge is 2.09. The number of carbonyl (C=O) groups is 1. The van der Waals surface area contributed by atoms with E-state index < -0.39 is 0 Å². The van der Waals surface area contributed by atoms with Gasteiger partial charge in [-0.25, -0.2) is 0 Å². The number of aryl methyl sites for hydroxylation is 1. The van der Waals surface area contributed by atoms with Crippen LogP contribution in [0.4, 0.5) is 29.2 Å². The molecular formula is C26H28N8O. The summed E-state index contributed by atoms with van der Waals surface area (Å²) >= 11 is 0. The molecule has 0 aliphatic heterocycles. The maximum absolute atomic E-state index is 12.5. The molecule has 0 radical (unpaired) electrons. The van der Waals surface area contributed by atoms with Crippen LogP contribution in [0, 0.1) is 6.92 Å². The Morgan fingerprint density at radius 1 is 0.829 bits per heavy atom. The molecule has 0 saturated heterocycles. The van der Waals surface area contributed by atoms with Gasteiger partial charge in [-0.15, -0.1) is 0 Å². The Hall–Kier alpha value is -4.66. The van der Waals surface area contributed by atoms with E-state index in [-0.39, 0.29) is 11.9 Å². The summed E-state index contributed by atoms with van der Waals surface area (Å²) in [6.07, 6.45) is 0.845. The summed E-state index contributed by atoms with van der Waals surface area (Å²) in [5.74, 6) is 0.695. The maximum atomic E-state index is 12.5. The van der Waals surface area contributed by atoms with Gasteiger partial charge in [0, 0.05) is 18.7 Å². The van der Waals surface area contributed by atoms with E-state index in [1.54, 1.807) is 24.3 Å². The molecule has 0 saturated carbocycles. The van der Waals surface area contributed by atoms with Crippen molar-refractivity contribution >= 4 is 35.1 Å². The largest absolute Gasteiger partial charge is 0.397 e. The Balaban J connectivity index is 1.32. The fourth-order valence-electron chi connectivity index (χ4n) is 3.51. The molecule has 1 aromatic heterocycles. The zero-order valence-electron chi connectivity index (χ0n) is 19.5. The minimum Gasteiger partial charge on any atom is -0.397 e. The summed E-state index contributed by atoms with van der Waals surface area (Å²) in [6, 6.07) is 22.6. The maximum Gasteiger partial charge on any atom is 0.255 e. The van der Waals surface area contributed by atoms with Gasteiger partial charge >= 0.3 is 0 Å². The number of rotatable bonds is 9. The van der Waals surface area contributed by atoms with Gasteiger partial charge in [-0.3, -0.25) is 4.79 Å². The average Bonchev–Trinajstić information content (AvgIpc) is 2.85. The number of aromatic nitrogens is 3. The molecule has 1 heterocycles. The predicted octanol–water partition coefficient (Wildman–Crippen LogP) is 3.86. The first-order chi connectivity index (χ1) is 17.0. The Morgan fingerprint density at radius 2 is 1.51 bits per heavy atom. The van der Waals surface area contributed by atoms with Gasteiger partial charge < -0.3 is 27.4 Å². The number of carbonyl (C=O) groups excluding carboxylic acids is 1. The van der Waals surface area contributed by atoms with E-state index in [9.17, 15) is 4.79 Å². The highest BCUT2D eigenvalue weighted by molar-refractivity contribution is 6.05. The fraction of sp³-hybridized carbons (Fsp3) is 0.154. The van der Waals surface area contributed by atoms with Crippen molar-refractivity contribution in [2.24, 2.45) is 0 Å². The van der Waals surface area contributed by atoms with E-state index in [1.807, 2.05) is 36.4 Å². The normalized spacial score (nSPS) is 10.5. The molecule has 0 aliphatic rings. The highest BCUT2D eigenvalue weighted by atomic mass is 16.1. The van der Waals surface area contributed by atoms with Gasteiger partial charge in [0.1, 0.15) is 0 Å². The number of benzene rings is 3. The quantitative estimate of drug-likeness (QED) is 0.233. The van der Waals surface area contributed by atoms with Crippen LogP contribution >= 0.6 is 0 Å². The molecule has 0 bridgehead atoms. The van der Waals surface area contributed by atoms with Crippen LogP contribution in [0.2, 0.25) is 0 Å². The van der Waals surface area contributed by atoms with Crippen LogP contribution in [0.1, 0.15) is 27.0 Å². The smallest absolute Gasteiger partial charge is 0.255 e. The standard InChI is InChI=1S/C26H28N8O/c1-17-6-2-3-7-19(17)14-15-29-25-32-24(28)33-26(34-25)30-16-18-10-12-20(13-11-18)23(35)31-22-9-5-4-8-21(22)27/h2-13H,14-16,27H2,1H3,(H,31,35)(H4,28,29,30,32,33,34). The highest BCUT2D eigenvalue weighted by Crippen LogP contribution is 2.18. The van der Waals surface area contributed by atoms with Gasteiger partial charge in [-0.1, -0.05) is 48.5 Å². The first-order valence-electron chi connectivity index (χ1n) is 11.3. The van der Waals surface area contributed by atoms with E-state index in [2.05, 4.69) is 50.0 Å². The second-order valence-electron chi connectivity index (χ2n) is 8.04. The van der Waals surface area contributed by atoms with E-state index >= 15 is 0 Å². The minimum atomic E-state index is -0.228. The molecule has 9 heteroatoms. The van der Waals surface area contributed by atoms with Crippen LogP contribution in [0.25, 0.3) is 0 Å². The second-order valence-corrected chi connectivity index (χ2v) is 8.04. The van der Waals surface area contributed by atoms with E-state index in [0.29, 0.717) is 41.9 Å². The number of amides is 1. The average molecular weight is 469 g/mol. The number of nitrogens with two attached hydrogens (primary N) is 2. The Kier molecular flexibility index (Phi) is 7.37. The van der Waals surface area contributed by atoms with Gasteiger partial charge in [0.2, 0.25) is 17.8 Å². The summed E-state index contributed by atoms with van der Waals surface area (Å²) in [4.78, 5) is 25.2. The molecule has 9 nitrogen and oxygen atoms in total. The fourth-order valence-corrected chi connectivity index (χ4v) is 3.51. The molecule has 1 amide bonds. The molecule has 178 valence electrons. The lowest BCUT2D eigenvalue weighted by molar-refractivity contribution is 0.102. The lowest BCUT2D eigenvalue weighted by Crippen LogP contribution is -2.14. The van der Waals surface area contributed by atoms with Crippen molar-refractivity contribution in [3.05, 3.63) is 95.1 Å². The number of hydrogen-bond donors (Lipinski definition) is 5. The van der Waals surface area contributed by atoms with E-state index in [4.69, 9.17) is 11.5 Å². The molecular weight excluding hydrogens is 440 g/mol. The van der Waals surface area contributed by atoms with Crippen LogP contribution in [-0.2, 0) is 13.0 Å². The lowest BCUT2D eigenvalue weighted by atomic mass is 10.1. The van der Waals surface area contributed by atoms with Gasteiger partial charge in [-0.05, 0) is 54.3 Å². The second kappa shape index (κ2) is 11.0. The van der Waals surface area contributed by atoms with Crippen molar-refractivity contribution in [2.75, 3.05) is 34.0 Å². The SMILES string of the molecule is Cc1ccccc1CCNc1nc(N)nc(NCc2ccc(C(=O)Nc3ccccc3N)cc2)n1. The third-order valence-corrected chi connectivity index (χ3v) is 5.47. The van der Waals surface area contributed by atoms with Crippen molar-refractivity contribution in [2.45, 2.75) is 19.9 Å². The predicted molar refractivity (Wildman–Crippen MR) is 140 cm³/mol. The number of nitrogens with zero attached hydrogens (tertiary/aromatic N) is 3. The van der Waals surface area contributed by atoms with Crippen molar-refractivity contribution < 1.29 is 4.79 Å². The minimum absolute atomic E-state index is 0.132. The lowest BCUT2D eigenvalue weighted by Gasteiger charge is -2.10. The number of nitrogens with one attached hydrogen (secondary N) is 3. The first kappa shape index (κ1) is 23.5. The monoisotopic (exact) mass is 468 g/mol. The molecule has 3 aromatic carbocycles. The van der Waals surface area contributed by atoms with Gasteiger partial charge in [-0.2, -0.15) is 15.0 Å². The Bertz CT molecular complexity index is 1310. The molecule has 0 unspecified atom stereocenters. The van der Waals surface area contributed by atoms with Crippen molar-refractivity contribution in [1.29, 1.82) is 0 Å². The molecule has 7 N–H and O–H groups in total. The molecule has 4 rings (SSSR count). The molecule has 35 heavy (non-hydrogen) atoms. The number of para-hydroxylation sites is 2. The van der Waals surface area contributed by atoms with Crippen molar-refractivity contribution in [3.63, 3.8) is 0 Å². The summed E-state index contributed by atoms with van der Waals surface area (Å²) in [7, 11) is 0. The van der Waals surface area contributed by atoms with Crippen LogP contribution in [-0.4, -0.2) is 27.4 Å². The van der Waals surface area contributed by atoms with Crippen LogP contribution < -0.4 is 27.4 Å². The summed E-state index contributed by atoms with van der Waals surface area (Å²) in [6.45, 7) is 3.22. The number of nitrogen functional groups attached to an aromatic ring is 2. The third kappa shape index (κ3) is 6.44. The molecule has 4 aromatic rings. The third-order valence-electron chi connectivity index (χ3n) is 5.47. The van der Waals surface area contributed by atoms with E-state index in [0.717, 1.165) is 12.0 Å². The van der Waals surface area contributed by atoms with Crippen molar-refractivity contribution in [1.82, 2.24) is 15.0 Å². The summed E-state index contributed by atoms with van der Waals surface area (Å²) in [5.41, 5.74) is 16.9. The summed E-state index contributed by atoms with van der Waals surface area (Å²) in [5, 5.41) is 9.18.